The van der Waals surface area contributed by atoms with Gasteiger partial charge in [0.15, 0.2) is 0 Å². The number of aromatic amines is 2. The molecular weight excluding hydrogens is 361 g/mol. The third-order valence-corrected chi connectivity index (χ3v) is 5.35. The minimum Gasteiger partial charge on any atom is -0.383 e. The number of benzene rings is 1. The molecule has 0 aliphatic heterocycles. The van der Waals surface area contributed by atoms with Gasteiger partial charge in [-0.2, -0.15) is 0 Å². The molecule has 0 unspecified atom stereocenters. The first kappa shape index (κ1) is 17.7. The van der Waals surface area contributed by atoms with E-state index in [9.17, 15) is 13.2 Å². The highest BCUT2D eigenvalue weighted by Crippen LogP contribution is 2.29. The number of H-pyrrole nitrogens is 2. The molecule has 0 saturated heterocycles. The molecule has 2 aromatic rings. The summed E-state index contributed by atoms with van der Waals surface area (Å²) in [6, 6.07) is 2.78. The minimum absolute atomic E-state index is 0.0212. The summed E-state index contributed by atoms with van der Waals surface area (Å²) in [6.45, 7) is 1.68. The molecule has 0 aliphatic carbocycles. The molecule has 0 fully saturated rings. The van der Waals surface area contributed by atoms with E-state index in [1.165, 1.54) is 18.3 Å². The van der Waals surface area contributed by atoms with Crippen molar-refractivity contribution >= 4 is 44.6 Å². The summed E-state index contributed by atoms with van der Waals surface area (Å²) >= 11 is 11.9. The highest BCUT2D eigenvalue weighted by atomic mass is 35.5. The van der Waals surface area contributed by atoms with Crippen molar-refractivity contribution in [3.63, 3.8) is 0 Å². The van der Waals surface area contributed by atoms with Gasteiger partial charge in [-0.1, -0.05) is 23.2 Å². The van der Waals surface area contributed by atoms with Crippen LogP contribution in [0.2, 0.25) is 10.0 Å². The summed E-state index contributed by atoms with van der Waals surface area (Å²) in [5.74, 6) is 0. The first-order chi connectivity index (χ1) is 10.6. The first-order valence-corrected chi connectivity index (χ1v) is 8.79. The Hall–Kier alpha value is -1.70. The number of aryl methyl sites for hydroxylation is 1. The Morgan fingerprint density at radius 2 is 1.78 bits per heavy atom. The zero-order chi connectivity index (χ0) is 17.4. The lowest BCUT2D eigenvalue weighted by atomic mass is 10.2. The molecule has 0 amide bonds. The molecule has 1 heterocycles. The van der Waals surface area contributed by atoms with Gasteiger partial charge >= 0.3 is 0 Å². The highest BCUT2D eigenvalue weighted by Gasteiger charge is 2.17. The van der Waals surface area contributed by atoms with Crippen molar-refractivity contribution in [2.24, 2.45) is 0 Å². The van der Waals surface area contributed by atoms with Gasteiger partial charge < -0.3 is 4.90 Å². The van der Waals surface area contributed by atoms with E-state index < -0.39 is 15.4 Å². The average Bonchev–Trinajstić information content (AvgIpc) is 2.74. The van der Waals surface area contributed by atoms with Crippen molar-refractivity contribution < 1.29 is 8.42 Å². The number of nitrogens with zero attached hydrogens (tertiary/aromatic N) is 1. The van der Waals surface area contributed by atoms with E-state index in [0.29, 0.717) is 10.6 Å². The quantitative estimate of drug-likeness (QED) is 0.831. The Bertz CT molecular complexity index is 1020. The number of rotatable bonds is 3. The zero-order valence-electron chi connectivity index (χ0n) is 12.6. The fourth-order valence-electron chi connectivity index (χ4n) is 1.93. The predicted molar refractivity (Wildman–Crippen MR) is 91.7 cm³/mol. The van der Waals surface area contributed by atoms with E-state index in [1.54, 1.807) is 25.9 Å². The SMILES string of the molecule is Cc1cc(S(=O)(=O)/C=c2\[nH][nH]c(=O)c2=CN(C)C)c(Cl)cc1Cl. The van der Waals surface area contributed by atoms with Gasteiger partial charge in [0, 0.05) is 25.3 Å². The maximum atomic E-state index is 12.6. The van der Waals surface area contributed by atoms with Crippen LogP contribution >= 0.6 is 23.2 Å². The molecule has 9 heteroatoms. The number of hydrogen-bond acceptors (Lipinski definition) is 4. The van der Waals surface area contributed by atoms with Crippen molar-refractivity contribution in [3.05, 3.63) is 48.7 Å². The summed E-state index contributed by atoms with van der Waals surface area (Å²) in [6.07, 6.45) is 1.52. The molecule has 1 aromatic carbocycles. The van der Waals surface area contributed by atoms with E-state index in [2.05, 4.69) is 10.2 Å². The van der Waals surface area contributed by atoms with Crippen LogP contribution in [-0.2, 0) is 9.84 Å². The van der Waals surface area contributed by atoms with Crippen LogP contribution in [0.3, 0.4) is 0 Å². The van der Waals surface area contributed by atoms with Crippen LogP contribution in [0.15, 0.2) is 21.8 Å². The Kier molecular flexibility index (Phi) is 4.93. The molecule has 1 aromatic heterocycles. The van der Waals surface area contributed by atoms with Gasteiger partial charge in [-0.05, 0) is 24.6 Å². The van der Waals surface area contributed by atoms with Gasteiger partial charge in [-0.3, -0.25) is 15.0 Å². The number of aromatic nitrogens is 2. The Balaban J connectivity index is 2.74. The van der Waals surface area contributed by atoms with E-state index in [0.717, 1.165) is 5.41 Å². The first-order valence-electron chi connectivity index (χ1n) is 6.49. The smallest absolute Gasteiger partial charge is 0.273 e. The standard InChI is InChI=1S/C14H15Cl2N3O3S/c1-8-4-13(11(16)5-10(8)15)23(21,22)7-12-9(6-19(2)3)14(20)18-17-12/h4-7,17H,1-3H3,(H,18,20)/b9-6?,12-7-. The van der Waals surface area contributed by atoms with E-state index in [4.69, 9.17) is 23.2 Å². The van der Waals surface area contributed by atoms with Crippen LogP contribution in [0, 0.1) is 6.92 Å². The molecule has 6 nitrogen and oxygen atoms in total. The van der Waals surface area contributed by atoms with Crippen molar-refractivity contribution in [1.82, 2.24) is 15.1 Å². The molecule has 0 spiro atoms. The topological polar surface area (TPSA) is 86.0 Å². The van der Waals surface area contributed by atoms with E-state index >= 15 is 0 Å². The van der Waals surface area contributed by atoms with Gasteiger partial charge in [-0.25, -0.2) is 8.42 Å². The molecule has 2 N–H and O–H groups in total. The second-order valence-corrected chi connectivity index (χ2v) is 7.77. The van der Waals surface area contributed by atoms with E-state index in [1.807, 2.05) is 0 Å². The maximum Gasteiger partial charge on any atom is 0.273 e. The fourth-order valence-corrected chi connectivity index (χ4v) is 3.93. The number of halogens is 2. The lowest BCUT2D eigenvalue weighted by molar-refractivity contribution is 0.606. The van der Waals surface area contributed by atoms with Gasteiger partial charge in [-0.15, -0.1) is 0 Å². The number of hydrogen-bond donors (Lipinski definition) is 2. The van der Waals surface area contributed by atoms with Gasteiger partial charge in [0.1, 0.15) is 0 Å². The molecule has 2 rings (SSSR count). The van der Waals surface area contributed by atoms with Crippen molar-refractivity contribution in [3.8, 4) is 0 Å². The van der Waals surface area contributed by atoms with Gasteiger partial charge in [0.2, 0.25) is 9.84 Å². The fraction of sp³-hybridized carbons (Fsp3) is 0.214. The van der Waals surface area contributed by atoms with Crippen LogP contribution in [0.25, 0.3) is 11.6 Å². The van der Waals surface area contributed by atoms with Crippen LogP contribution in [-0.4, -0.2) is 37.6 Å². The van der Waals surface area contributed by atoms with Gasteiger partial charge in [0.05, 0.1) is 25.9 Å². The largest absolute Gasteiger partial charge is 0.383 e. The molecule has 0 atom stereocenters. The molecule has 0 saturated carbocycles. The second-order valence-electron chi connectivity index (χ2n) is 5.19. The lowest BCUT2D eigenvalue weighted by Gasteiger charge is -2.05. The molecular formula is C14H15Cl2N3O3S. The van der Waals surface area contributed by atoms with Gasteiger partial charge in [0.25, 0.3) is 5.56 Å². The van der Waals surface area contributed by atoms with Crippen LogP contribution in [0.1, 0.15) is 5.56 Å². The summed E-state index contributed by atoms with van der Waals surface area (Å²) in [5.41, 5.74) is 0.171. The second kappa shape index (κ2) is 6.43. The Morgan fingerprint density at radius 3 is 2.39 bits per heavy atom. The predicted octanol–water partition coefficient (Wildman–Crippen LogP) is 0.830. The Morgan fingerprint density at radius 1 is 1.13 bits per heavy atom. The maximum absolute atomic E-state index is 12.6. The summed E-state index contributed by atoms with van der Waals surface area (Å²) in [7, 11) is -0.420. The minimum atomic E-state index is -3.87. The monoisotopic (exact) mass is 375 g/mol. The van der Waals surface area contributed by atoms with Crippen molar-refractivity contribution in [2.75, 3.05) is 14.1 Å². The summed E-state index contributed by atoms with van der Waals surface area (Å²) in [5, 5.41) is 6.64. The van der Waals surface area contributed by atoms with Crippen LogP contribution in [0.4, 0.5) is 0 Å². The van der Waals surface area contributed by atoms with Crippen molar-refractivity contribution in [1.29, 1.82) is 0 Å². The summed E-state index contributed by atoms with van der Waals surface area (Å²) in [4.78, 5) is 13.3. The third-order valence-electron chi connectivity index (χ3n) is 3.03. The Labute approximate surface area is 142 Å². The molecule has 0 radical (unpaired) electrons. The number of nitrogens with one attached hydrogen (secondary N) is 2. The normalized spacial score (nSPS) is 13.6. The molecule has 0 aliphatic rings. The zero-order valence-corrected chi connectivity index (χ0v) is 15.0. The van der Waals surface area contributed by atoms with Crippen molar-refractivity contribution in [2.45, 2.75) is 11.8 Å². The highest BCUT2D eigenvalue weighted by molar-refractivity contribution is 7.99. The third kappa shape index (κ3) is 3.80. The van der Waals surface area contributed by atoms with E-state index in [-0.39, 0.29) is 20.5 Å². The van der Waals surface area contributed by atoms with Crippen LogP contribution < -0.4 is 16.1 Å². The molecule has 23 heavy (non-hydrogen) atoms. The average molecular weight is 376 g/mol. The van der Waals surface area contributed by atoms with Crippen LogP contribution in [0.5, 0.6) is 0 Å². The molecule has 0 bridgehead atoms. The lowest BCUT2D eigenvalue weighted by Crippen LogP contribution is -2.36. The summed E-state index contributed by atoms with van der Waals surface area (Å²) < 4.78 is 25.2. The number of sulfone groups is 1. The molecule has 124 valence electrons.